The third-order valence-corrected chi connectivity index (χ3v) is 6.19. The number of fused-ring (bicyclic) bond motifs is 2. The standard InChI is InChI=1S/C28H23FN8O2/c1-28(2,3)27(39)32-17-7-15(10-30-11-17)20-4-5-21-24(33-20)25(37-36-21)26-34-22-13-31-12-19(23(22)35-26)14-6-16(29)9-18(38)8-14/h4-13,38H,1-3H3,(H,32,39)(H,34,35)(H,36,37). The number of pyridine rings is 3. The van der Waals surface area contributed by atoms with Crippen LogP contribution in [0.15, 0.2) is 61.2 Å². The maximum absolute atomic E-state index is 14.0. The summed E-state index contributed by atoms with van der Waals surface area (Å²) in [6, 6.07) is 9.33. The lowest BCUT2D eigenvalue weighted by Crippen LogP contribution is -2.27. The molecule has 5 aromatic heterocycles. The van der Waals surface area contributed by atoms with Gasteiger partial charge >= 0.3 is 0 Å². The van der Waals surface area contributed by atoms with Crippen molar-refractivity contribution in [2.24, 2.45) is 5.41 Å². The van der Waals surface area contributed by atoms with Crippen molar-refractivity contribution in [2.75, 3.05) is 5.32 Å². The van der Waals surface area contributed by atoms with Gasteiger partial charge in [0.2, 0.25) is 5.91 Å². The highest BCUT2D eigenvalue weighted by molar-refractivity contribution is 5.97. The molecule has 0 saturated carbocycles. The van der Waals surface area contributed by atoms with E-state index in [1.165, 1.54) is 12.1 Å². The highest BCUT2D eigenvalue weighted by atomic mass is 19.1. The fraction of sp³-hybridized carbons (Fsp3) is 0.143. The first-order valence-electron chi connectivity index (χ1n) is 12.1. The number of imidazole rings is 1. The quantitative estimate of drug-likeness (QED) is 0.241. The van der Waals surface area contributed by atoms with Gasteiger partial charge in [-0.3, -0.25) is 19.9 Å². The number of nitrogens with one attached hydrogen (secondary N) is 3. The van der Waals surface area contributed by atoms with E-state index in [0.717, 1.165) is 11.6 Å². The van der Waals surface area contributed by atoms with Gasteiger partial charge in [-0.1, -0.05) is 20.8 Å². The minimum Gasteiger partial charge on any atom is -0.508 e. The number of carbonyl (C=O) groups excluding carboxylic acids is 1. The minimum absolute atomic E-state index is 0.116. The normalized spacial score (nSPS) is 11.8. The first-order valence-corrected chi connectivity index (χ1v) is 12.1. The van der Waals surface area contributed by atoms with E-state index >= 15 is 0 Å². The summed E-state index contributed by atoms with van der Waals surface area (Å²) in [5.41, 5.74) is 5.31. The van der Waals surface area contributed by atoms with E-state index in [9.17, 15) is 14.3 Å². The first kappa shape index (κ1) is 24.2. The second kappa shape index (κ2) is 8.98. The zero-order chi connectivity index (χ0) is 27.3. The summed E-state index contributed by atoms with van der Waals surface area (Å²) in [5, 5.41) is 20.2. The summed E-state index contributed by atoms with van der Waals surface area (Å²) in [6.45, 7) is 5.53. The lowest BCUT2D eigenvalue weighted by Gasteiger charge is -2.17. The van der Waals surface area contributed by atoms with E-state index in [1.54, 1.807) is 24.8 Å². The topological polar surface area (TPSA) is 145 Å². The van der Waals surface area contributed by atoms with E-state index in [1.807, 2.05) is 39.0 Å². The Hall–Kier alpha value is -5.19. The molecule has 6 aromatic rings. The number of amides is 1. The van der Waals surface area contributed by atoms with Gasteiger partial charge in [0.1, 0.15) is 17.1 Å². The average Bonchev–Trinajstić information content (AvgIpc) is 3.51. The second-order valence-electron chi connectivity index (χ2n) is 10.2. The molecule has 0 aliphatic heterocycles. The highest BCUT2D eigenvalue weighted by Crippen LogP contribution is 2.33. The van der Waals surface area contributed by atoms with Crippen LogP contribution in [0.25, 0.3) is 56.0 Å². The number of anilines is 1. The van der Waals surface area contributed by atoms with E-state index in [-0.39, 0.29) is 11.7 Å². The molecule has 6 rings (SSSR count). The van der Waals surface area contributed by atoms with Gasteiger partial charge in [0.05, 0.1) is 40.3 Å². The van der Waals surface area contributed by atoms with Crippen molar-refractivity contribution in [1.29, 1.82) is 0 Å². The number of benzene rings is 1. The van der Waals surface area contributed by atoms with Crippen LogP contribution in [0.2, 0.25) is 0 Å². The predicted octanol–water partition coefficient (Wildman–Crippen LogP) is 5.45. The fourth-order valence-electron chi connectivity index (χ4n) is 4.18. The van der Waals surface area contributed by atoms with Crippen molar-refractivity contribution in [2.45, 2.75) is 20.8 Å². The molecule has 0 fully saturated rings. The molecule has 0 radical (unpaired) electrons. The monoisotopic (exact) mass is 522 g/mol. The highest BCUT2D eigenvalue weighted by Gasteiger charge is 2.22. The number of phenols is 1. The Labute approximate surface area is 221 Å². The number of rotatable bonds is 4. The van der Waals surface area contributed by atoms with Crippen molar-refractivity contribution in [1.82, 2.24) is 35.1 Å². The molecular formula is C28H23FN8O2. The molecule has 39 heavy (non-hydrogen) atoms. The maximum atomic E-state index is 14.0. The first-order chi connectivity index (χ1) is 18.7. The molecule has 0 atom stereocenters. The van der Waals surface area contributed by atoms with Gasteiger partial charge in [-0.2, -0.15) is 5.10 Å². The molecule has 0 unspecified atom stereocenters. The van der Waals surface area contributed by atoms with E-state index < -0.39 is 11.2 Å². The molecule has 11 heteroatoms. The zero-order valence-electron chi connectivity index (χ0n) is 21.2. The van der Waals surface area contributed by atoms with Crippen molar-refractivity contribution in [3.8, 4) is 39.7 Å². The molecule has 0 bridgehead atoms. The van der Waals surface area contributed by atoms with Gasteiger partial charge in [0.15, 0.2) is 11.5 Å². The Kier molecular flexibility index (Phi) is 5.56. The number of phenolic OH excluding ortho intramolecular Hbond substituents is 1. The Morgan fingerprint density at radius 3 is 2.54 bits per heavy atom. The van der Waals surface area contributed by atoms with Crippen LogP contribution in [0.3, 0.4) is 0 Å². The number of aromatic amines is 2. The van der Waals surface area contributed by atoms with E-state index in [2.05, 4.69) is 30.5 Å². The molecule has 0 aliphatic rings. The number of carbonyl (C=O) groups is 1. The number of nitrogens with zero attached hydrogens (tertiary/aromatic N) is 5. The Bertz CT molecular complexity index is 1870. The van der Waals surface area contributed by atoms with Crippen LogP contribution in [0.5, 0.6) is 5.75 Å². The third-order valence-electron chi connectivity index (χ3n) is 6.19. The molecule has 5 heterocycles. The second-order valence-corrected chi connectivity index (χ2v) is 10.2. The number of halogens is 1. The van der Waals surface area contributed by atoms with Gasteiger partial charge in [0, 0.05) is 35.0 Å². The van der Waals surface area contributed by atoms with Gasteiger partial charge in [-0.15, -0.1) is 0 Å². The molecule has 0 aliphatic carbocycles. The van der Waals surface area contributed by atoms with Crippen LogP contribution < -0.4 is 5.32 Å². The molecule has 10 nitrogen and oxygen atoms in total. The van der Waals surface area contributed by atoms with E-state index in [4.69, 9.17) is 9.97 Å². The lowest BCUT2D eigenvalue weighted by molar-refractivity contribution is -0.123. The van der Waals surface area contributed by atoms with Gasteiger partial charge in [-0.25, -0.2) is 14.4 Å². The largest absolute Gasteiger partial charge is 0.508 e. The summed E-state index contributed by atoms with van der Waals surface area (Å²) in [7, 11) is 0. The molecule has 194 valence electrons. The Morgan fingerprint density at radius 1 is 0.923 bits per heavy atom. The predicted molar refractivity (Wildman–Crippen MR) is 145 cm³/mol. The molecule has 4 N–H and O–H groups in total. The van der Waals surface area contributed by atoms with Crippen molar-refractivity contribution in [3.05, 3.63) is 67.0 Å². The summed E-state index contributed by atoms with van der Waals surface area (Å²) >= 11 is 0. The number of hydrogen-bond acceptors (Lipinski definition) is 7. The van der Waals surface area contributed by atoms with Crippen molar-refractivity contribution < 1.29 is 14.3 Å². The zero-order valence-corrected chi connectivity index (χ0v) is 21.2. The van der Waals surface area contributed by atoms with Crippen LogP contribution in [0.4, 0.5) is 10.1 Å². The molecule has 1 aromatic carbocycles. The summed E-state index contributed by atoms with van der Waals surface area (Å²) in [5.74, 6) is -0.428. The maximum Gasteiger partial charge on any atom is 0.229 e. The number of aromatic nitrogens is 7. The average molecular weight is 523 g/mol. The van der Waals surface area contributed by atoms with E-state index in [0.29, 0.717) is 56.1 Å². The lowest BCUT2D eigenvalue weighted by atomic mass is 9.95. The van der Waals surface area contributed by atoms with Gasteiger partial charge in [-0.05, 0) is 35.9 Å². The van der Waals surface area contributed by atoms with Gasteiger partial charge < -0.3 is 15.4 Å². The minimum atomic E-state index is -0.565. The number of H-pyrrole nitrogens is 2. The molecule has 0 saturated heterocycles. The van der Waals surface area contributed by atoms with Crippen LogP contribution >= 0.6 is 0 Å². The van der Waals surface area contributed by atoms with Crippen LogP contribution in [-0.2, 0) is 4.79 Å². The number of hydrogen-bond donors (Lipinski definition) is 4. The van der Waals surface area contributed by atoms with Crippen LogP contribution in [0, 0.1) is 11.2 Å². The fourth-order valence-corrected chi connectivity index (χ4v) is 4.18. The molecule has 1 amide bonds. The van der Waals surface area contributed by atoms with Crippen LogP contribution in [0.1, 0.15) is 20.8 Å². The Balaban J connectivity index is 1.41. The van der Waals surface area contributed by atoms with Crippen LogP contribution in [-0.4, -0.2) is 46.1 Å². The summed E-state index contributed by atoms with van der Waals surface area (Å²) < 4.78 is 14.0. The van der Waals surface area contributed by atoms with Crippen molar-refractivity contribution in [3.63, 3.8) is 0 Å². The molecular weight excluding hydrogens is 499 g/mol. The summed E-state index contributed by atoms with van der Waals surface area (Å²) in [4.78, 5) is 33.7. The van der Waals surface area contributed by atoms with Gasteiger partial charge in [0.25, 0.3) is 0 Å². The number of aromatic hydroxyl groups is 1. The summed E-state index contributed by atoms with van der Waals surface area (Å²) in [6.07, 6.45) is 6.45. The third kappa shape index (κ3) is 4.54. The Morgan fingerprint density at radius 2 is 1.74 bits per heavy atom. The van der Waals surface area contributed by atoms with Crippen molar-refractivity contribution >= 4 is 33.7 Å². The SMILES string of the molecule is CC(C)(C)C(=O)Nc1cncc(-c2ccc3[nH]nc(-c4nc5c(-c6cc(O)cc(F)c6)cncc5[nH]4)c3n2)c1. The smallest absolute Gasteiger partial charge is 0.229 e. The molecule has 0 spiro atoms.